The van der Waals surface area contributed by atoms with Gasteiger partial charge in [-0.1, -0.05) is 61.7 Å². The molecule has 1 aliphatic heterocycles. The number of urea groups is 1. The van der Waals surface area contributed by atoms with Gasteiger partial charge < -0.3 is 9.47 Å². The number of amides is 4. The van der Waals surface area contributed by atoms with E-state index in [0.29, 0.717) is 39.8 Å². The molecule has 0 spiro atoms. The smallest absolute Gasteiger partial charge is 0.335 e. The number of hydrogen-bond acceptors (Lipinski definition) is 5. The molecule has 0 saturated carbocycles. The van der Waals surface area contributed by atoms with E-state index in [4.69, 9.17) is 21.1 Å². The first-order valence-electron chi connectivity index (χ1n) is 11.2. The molecule has 1 heterocycles. The molecule has 3 aromatic carbocycles. The fourth-order valence-corrected chi connectivity index (χ4v) is 4.43. The van der Waals surface area contributed by atoms with Crippen LogP contribution >= 0.6 is 43.5 Å². The topological polar surface area (TPSA) is 84.9 Å². The number of barbiturate groups is 1. The van der Waals surface area contributed by atoms with Crippen LogP contribution < -0.4 is 19.7 Å². The van der Waals surface area contributed by atoms with Crippen LogP contribution in [0.4, 0.5) is 10.5 Å². The quantitative estimate of drug-likeness (QED) is 0.225. The fraction of sp³-hybridized carbons (Fsp3) is 0.148. The molecule has 3 aromatic rings. The van der Waals surface area contributed by atoms with Gasteiger partial charge in [0.2, 0.25) is 0 Å². The maximum Gasteiger partial charge on any atom is 0.335 e. The van der Waals surface area contributed by atoms with Gasteiger partial charge in [-0.25, -0.2) is 9.69 Å². The van der Waals surface area contributed by atoms with Crippen LogP contribution in [0.15, 0.2) is 69.1 Å². The van der Waals surface area contributed by atoms with E-state index >= 15 is 0 Å². The number of halogens is 3. The first-order chi connectivity index (χ1) is 17.7. The number of imide groups is 2. The number of anilines is 1. The average molecular weight is 649 g/mol. The first-order valence-corrected chi connectivity index (χ1v) is 13.2. The zero-order chi connectivity index (χ0) is 26.7. The summed E-state index contributed by atoms with van der Waals surface area (Å²) in [5.41, 5.74) is 2.29. The Bertz CT molecular complexity index is 1420. The lowest BCUT2D eigenvalue weighted by atomic mass is 10.1. The number of carbonyl (C=O) groups excluding carboxylic acids is 3. The Morgan fingerprint density at radius 3 is 2.35 bits per heavy atom. The van der Waals surface area contributed by atoms with Crippen molar-refractivity contribution in [3.8, 4) is 11.5 Å². The molecule has 0 unspecified atom stereocenters. The van der Waals surface area contributed by atoms with E-state index < -0.39 is 17.8 Å². The Hall–Kier alpha value is -3.14. The number of nitrogens with one attached hydrogen (secondary N) is 1. The van der Waals surface area contributed by atoms with Crippen LogP contribution in [0.3, 0.4) is 0 Å². The highest BCUT2D eigenvalue weighted by Crippen LogP contribution is 2.36. The largest absolute Gasteiger partial charge is 0.490 e. The van der Waals surface area contributed by atoms with Crippen molar-refractivity contribution in [3.63, 3.8) is 0 Å². The van der Waals surface area contributed by atoms with Gasteiger partial charge in [-0.05, 0) is 73.0 Å². The predicted octanol–water partition coefficient (Wildman–Crippen LogP) is 6.82. The number of carbonyl (C=O) groups is 3. The molecule has 37 heavy (non-hydrogen) atoms. The van der Waals surface area contributed by atoms with Crippen LogP contribution in [0, 0.1) is 6.92 Å². The second-order valence-electron chi connectivity index (χ2n) is 8.06. The molecule has 0 atom stereocenters. The van der Waals surface area contributed by atoms with Crippen LogP contribution in [0.2, 0.25) is 5.02 Å². The summed E-state index contributed by atoms with van der Waals surface area (Å²) in [6.45, 7) is 4.34. The van der Waals surface area contributed by atoms with Crippen LogP contribution in [0.5, 0.6) is 11.5 Å². The van der Waals surface area contributed by atoms with Crippen LogP contribution in [-0.2, 0) is 16.2 Å². The number of rotatable bonds is 7. The van der Waals surface area contributed by atoms with Crippen molar-refractivity contribution in [2.24, 2.45) is 0 Å². The fourth-order valence-electron chi connectivity index (χ4n) is 3.55. The molecule has 0 bridgehead atoms. The van der Waals surface area contributed by atoms with E-state index in [-0.39, 0.29) is 11.3 Å². The summed E-state index contributed by atoms with van der Waals surface area (Å²) in [6, 6.07) is 15.1. The second kappa shape index (κ2) is 11.5. The predicted molar refractivity (Wildman–Crippen MR) is 149 cm³/mol. The lowest BCUT2D eigenvalue weighted by Crippen LogP contribution is -2.54. The molecule has 0 aliphatic carbocycles. The van der Waals surface area contributed by atoms with Gasteiger partial charge in [0.1, 0.15) is 12.2 Å². The highest BCUT2D eigenvalue weighted by Gasteiger charge is 2.37. The Kier molecular flexibility index (Phi) is 8.36. The third kappa shape index (κ3) is 6.06. The highest BCUT2D eigenvalue weighted by atomic mass is 79.9. The molecule has 1 fully saturated rings. The second-order valence-corrected chi connectivity index (χ2v) is 10.2. The van der Waals surface area contributed by atoms with Gasteiger partial charge in [0.05, 0.1) is 12.3 Å². The third-order valence-corrected chi connectivity index (χ3v) is 7.11. The number of nitrogens with zero attached hydrogens (tertiary/aromatic N) is 1. The maximum atomic E-state index is 13.3. The lowest BCUT2D eigenvalue weighted by Gasteiger charge is -2.26. The summed E-state index contributed by atoms with van der Waals surface area (Å²) in [5, 5.41) is 2.61. The Balaban J connectivity index is 1.66. The van der Waals surface area contributed by atoms with Crippen LogP contribution in [0.1, 0.15) is 23.6 Å². The van der Waals surface area contributed by atoms with E-state index in [1.54, 1.807) is 31.2 Å². The Labute approximate surface area is 235 Å². The monoisotopic (exact) mass is 646 g/mol. The minimum atomic E-state index is -0.849. The SMILES string of the molecule is CCOc1cc(/C=C2/C(=O)NC(=O)N(c3ccc(C)c(Cl)c3)C2=O)c(Br)cc1OCc1ccc(Br)cc1. The van der Waals surface area contributed by atoms with E-state index in [9.17, 15) is 14.4 Å². The summed E-state index contributed by atoms with van der Waals surface area (Å²) in [7, 11) is 0. The van der Waals surface area contributed by atoms with Crippen molar-refractivity contribution >= 4 is 73.1 Å². The van der Waals surface area contributed by atoms with Crippen molar-refractivity contribution in [3.05, 3.63) is 90.8 Å². The molecule has 4 amide bonds. The lowest BCUT2D eigenvalue weighted by molar-refractivity contribution is -0.122. The number of aryl methyl sites for hydroxylation is 1. The minimum absolute atomic E-state index is 0.219. The molecule has 10 heteroatoms. The maximum absolute atomic E-state index is 13.3. The average Bonchev–Trinajstić information content (AvgIpc) is 2.85. The van der Waals surface area contributed by atoms with Gasteiger partial charge in [-0.15, -0.1) is 0 Å². The molecule has 1 N–H and O–H groups in total. The summed E-state index contributed by atoms with van der Waals surface area (Å²) in [4.78, 5) is 39.3. The van der Waals surface area contributed by atoms with Crippen LogP contribution in [0.25, 0.3) is 6.08 Å². The van der Waals surface area contributed by atoms with E-state index in [1.807, 2.05) is 31.2 Å². The van der Waals surface area contributed by atoms with Crippen molar-refractivity contribution in [1.82, 2.24) is 5.32 Å². The Morgan fingerprint density at radius 1 is 0.973 bits per heavy atom. The molecule has 0 aromatic heterocycles. The van der Waals surface area contributed by atoms with E-state index in [0.717, 1.165) is 20.5 Å². The molecular weight excluding hydrogens is 628 g/mol. The Morgan fingerprint density at radius 2 is 1.68 bits per heavy atom. The molecular formula is C27H21Br2ClN2O5. The zero-order valence-electron chi connectivity index (χ0n) is 19.8. The minimum Gasteiger partial charge on any atom is -0.490 e. The van der Waals surface area contributed by atoms with Gasteiger partial charge in [0.25, 0.3) is 11.8 Å². The number of ether oxygens (including phenoxy) is 2. The molecule has 0 radical (unpaired) electrons. The van der Waals surface area contributed by atoms with Gasteiger partial charge in [-0.2, -0.15) is 0 Å². The highest BCUT2D eigenvalue weighted by molar-refractivity contribution is 9.10. The van der Waals surface area contributed by atoms with Crippen molar-refractivity contribution in [2.45, 2.75) is 20.5 Å². The standard InChI is InChI=1S/C27H21Br2ClN2O5/c1-3-36-23-11-17(21(29)13-24(23)37-14-16-5-7-18(28)8-6-16)10-20-25(33)31-27(35)32(26(20)34)19-9-4-15(2)22(30)12-19/h4-13H,3,14H2,1-2H3,(H,31,33,35)/b20-10-. The summed E-state index contributed by atoms with van der Waals surface area (Å²) < 4.78 is 13.3. The van der Waals surface area contributed by atoms with Crippen LogP contribution in [-0.4, -0.2) is 24.5 Å². The summed E-state index contributed by atoms with van der Waals surface area (Å²) in [5.74, 6) is -0.639. The summed E-state index contributed by atoms with van der Waals surface area (Å²) >= 11 is 13.1. The summed E-state index contributed by atoms with van der Waals surface area (Å²) in [6.07, 6.45) is 1.40. The van der Waals surface area contributed by atoms with Gasteiger partial charge in [-0.3, -0.25) is 14.9 Å². The van der Waals surface area contributed by atoms with Gasteiger partial charge in [0, 0.05) is 14.0 Å². The van der Waals surface area contributed by atoms with E-state index in [1.165, 1.54) is 12.1 Å². The normalized spacial score (nSPS) is 14.7. The zero-order valence-corrected chi connectivity index (χ0v) is 23.7. The molecule has 190 valence electrons. The van der Waals surface area contributed by atoms with Crippen molar-refractivity contribution < 1.29 is 23.9 Å². The number of hydrogen-bond donors (Lipinski definition) is 1. The molecule has 4 rings (SSSR count). The molecule has 1 saturated heterocycles. The first kappa shape index (κ1) is 26.9. The van der Waals surface area contributed by atoms with Crippen molar-refractivity contribution in [2.75, 3.05) is 11.5 Å². The molecule has 1 aliphatic rings. The van der Waals surface area contributed by atoms with Gasteiger partial charge in [0.15, 0.2) is 11.5 Å². The van der Waals surface area contributed by atoms with Gasteiger partial charge >= 0.3 is 6.03 Å². The van der Waals surface area contributed by atoms with E-state index in [2.05, 4.69) is 37.2 Å². The molecule has 7 nitrogen and oxygen atoms in total. The third-order valence-electron chi connectivity index (χ3n) is 5.49. The van der Waals surface area contributed by atoms with Crippen molar-refractivity contribution in [1.29, 1.82) is 0 Å². The number of benzene rings is 3.